The van der Waals surface area contributed by atoms with Gasteiger partial charge in [0, 0.05) is 12.1 Å². The summed E-state index contributed by atoms with van der Waals surface area (Å²) >= 11 is 0. The van der Waals surface area contributed by atoms with Gasteiger partial charge in [0.25, 0.3) is 0 Å². The summed E-state index contributed by atoms with van der Waals surface area (Å²) in [7, 11) is 0. The highest BCUT2D eigenvalue weighted by Gasteiger charge is 2.14. The molecule has 0 fully saturated rings. The minimum absolute atomic E-state index is 0. The van der Waals surface area contributed by atoms with Crippen molar-refractivity contribution in [2.24, 2.45) is 0 Å². The highest BCUT2D eigenvalue weighted by atomic mass is 35.5. The molecule has 5 heteroatoms. The number of nitrogens with one attached hydrogen (secondary N) is 1. The van der Waals surface area contributed by atoms with Gasteiger partial charge in [-0.3, -0.25) is 0 Å². The number of hydrogen-bond donors (Lipinski definition) is 2. The zero-order valence-corrected chi connectivity index (χ0v) is 14.2. The summed E-state index contributed by atoms with van der Waals surface area (Å²) in [5, 5.41) is 12.5. The number of benzene rings is 2. The van der Waals surface area contributed by atoms with Crippen LogP contribution in [0.4, 0.5) is 4.39 Å². The molecule has 0 saturated carbocycles. The van der Waals surface area contributed by atoms with E-state index in [1.54, 1.807) is 12.1 Å². The molecule has 0 radical (unpaired) electrons. The lowest BCUT2D eigenvalue weighted by molar-refractivity contribution is 0.187. The van der Waals surface area contributed by atoms with Crippen molar-refractivity contribution in [2.75, 3.05) is 6.61 Å². The summed E-state index contributed by atoms with van der Waals surface area (Å²) in [5.41, 5.74) is 1.69. The summed E-state index contributed by atoms with van der Waals surface area (Å²) in [6, 6.07) is 14.1. The Bertz CT molecular complexity index is 602. The SMILES string of the molecule is CC(C)(CO)NCc1cccc(OCc2ccc(F)cc2)c1.Cl. The van der Waals surface area contributed by atoms with E-state index < -0.39 is 0 Å². The van der Waals surface area contributed by atoms with Crippen LogP contribution in [0.15, 0.2) is 48.5 Å². The van der Waals surface area contributed by atoms with Crippen LogP contribution in [0, 0.1) is 5.82 Å². The van der Waals surface area contributed by atoms with Crippen LogP contribution in [0.5, 0.6) is 5.75 Å². The van der Waals surface area contributed by atoms with Crippen molar-refractivity contribution in [1.29, 1.82) is 0 Å². The maximum absolute atomic E-state index is 12.8. The maximum Gasteiger partial charge on any atom is 0.123 e. The predicted octanol–water partition coefficient (Wildman–Crippen LogP) is 3.69. The molecule has 0 amide bonds. The van der Waals surface area contributed by atoms with Crippen molar-refractivity contribution in [3.05, 3.63) is 65.5 Å². The number of hydrogen-bond acceptors (Lipinski definition) is 3. The van der Waals surface area contributed by atoms with E-state index in [9.17, 15) is 9.50 Å². The number of aliphatic hydroxyl groups is 1. The number of rotatable bonds is 7. The van der Waals surface area contributed by atoms with E-state index in [4.69, 9.17) is 4.74 Å². The summed E-state index contributed by atoms with van der Waals surface area (Å²) < 4.78 is 18.6. The van der Waals surface area contributed by atoms with Crippen LogP contribution in [-0.2, 0) is 13.2 Å². The van der Waals surface area contributed by atoms with Crippen LogP contribution in [0.1, 0.15) is 25.0 Å². The van der Waals surface area contributed by atoms with Gasteiger partial charge in [-0.2, -0.15) is 0 Å². The van der Waals surface area contributed by atoms with Crippen LogP contribution in [0.3, 0.4) is 0 Å². The van der Waals surface area contributed by atoms with E-state index in [0.717, 1.165) is 16.9 Å². The third-order valence-corrected chi connectivity index (χ3v) is 3.38. The molecule has 0 aromatic heterocycles. The Morgan fingerprint density at radius 3 is 2.43 bits per heavy atom. The lowest BCUT2D eigenvalue weighted by Crippen LogP contribution is -2.42. The number of aliphatic hydroxyl groups excluding tert-OH is 1. The lowest BCUT2D eigenvalue weighted by Gasteiger charge is -2.23. The van der Waals surface area contributed by atoms with Gasteiger partial charge in [-0.25, -0.2) is 4.39 Å². The van der Waals surface area contributed by atoms with Crippen LogP contribution in [0.2, 0.25) is 0 Å². The molecule has 2 aromatic carbocycles. The van der Waals surface area contributed by atoms with Crippen molar-refractivity contribution in [3.63, 3.8) is 0 Å². The van der Waals surface area contributed by atoms with Gasteiger partial charge in [-0.15, -0.1) is 12.4 Å². The van der Waals surface area contributed by atoms with Gasteiger partial charge in [-0.05, 0) is 49.2 Å². The fraction of sp³-hybridized carbons (Fsp3) is 0.333. The molecule has 0 heterocycles. The van der Waals surface area contributed by atoms with Crippen molar-refractivity contribution < 1.29 is 14.2 Å². The monoisotopic (exact) mass is 339 g/mol. The first-order chi connectivity index (χ1) is 10.5. The summed E-state index contributed by atoms with van der Waals surface area (Å²) in [6.45, 7) is 5.03. The molecule has 2 N–H and O–H groups in total. The van der Waals surface area contributed by atoms with E-state index in [0.29, 0.717) is 13.2 Å². The number of ether oxygens (including phenoxy) is 1. The van der Waals surface area contributed by atoms with Gasteiger partial charge in [0.1, 0.15) is 18.2 Å². The average molecular weight is 340 g/mol. The molecule has 2 aromatic rings. The quantitative estimate of drug-likeness (QED) is 0.808. The third kappa shape index (κ3) is 6.57. The first-order valence-electron chi connectivity index (χ1n) is 7.30. The van der Waals surface area contributed by atoms with Crippen molar-refractivity contribution in [2.45, 2.75) is 32.5 Å². The van der Waals surface area contributed by atoms with Gasteiger partial charge in [-0.1, -0.05) is 24.3 Å². The van der Waals surface area contributed by atoms with Crippen LogP contribution < -0.4 is 10.1 Å². The Kier molecular flexibility index (Phi) is 7.49. The molecule has 126 valence electrons. The van der Waals surface area contributed by atoms with Crippen LogP contribution in [0.25, 0.3) is 0 Å². The standard InChI is InChI=1S/C18H22FNO2.ClH/c1-18(2,13-21)20-11-15-4-3-5-17(10-15)22-12-14-6-8-16(19)9-7-14;/h3-10,20-21H,11-13H2,1-2H3;1H. The Morgan fingerprint density at radius 2 is 1.78 bits per heavy atom. The average Bonchev–Trinajstić information content (AvgIpc) is 2.53. The predicted molar refractivity (Wildman–Crippen MR) is 92.4 cm³/mol. The minimum atomic E-state index is -0.315. The smallest absolute Gasteiger partial charge is 0.123 e. The first-order valence-corrected chi connectivity index (χ1v) is 7.30. The van der Waals surface area contributed by atoms with Crippen LogP contribution >= 0.6 is 12.4 Å². The molecule has 23 heavy (non-hydrogen) atoms. The van der Waals surface area contributed by atoms with Gasteiger partial charge in [0.2, 0.25) is 0 Å². The molecule has 2 rings (SSSR count). The normalized spacial score (nSPS) is 11.0. The van der Waals surface area contributed by atoms with E-state index in [-0.39, 0.29) is 30.4 Å². The molecule has 0 aliphatic heterocycles. The molecule has 0 aliphatic carbocycles. The molecule has 3 nitrogen and oxygen atoms in total. The van der Waals surface area contributed by atoms with E-state index in [2.05, 4.69) is 5.32 Å². The second-order valence-electron chi connectivity index (χ2n) is 5.96. The molecule has 0 unspecified atom stereocenters. The summed E-state index contributed by atoms with van der Waals surface area (Å²) in [6.07, 6.45) is 0. The molecular weight excluding hydrogens is 317 g/mol. The Labute approximate surface area is 142 Å². The molecule has 0 saturated heterocycles. The third-order valence-electron chi connectivity index (χ3n) is 3.38. The zero-order chi connectivity index (χ0) is 16.0. The van der Waals surface area contributed by atoms with E-state index in [1.807, 2.05) is 38.1 Å². The summed E-state index contributed by atoms with van der Waals surface area (Å²) in [5.74, 6) is 0.522. The summed E-state index contributed by atoms with van der Waals surface area (Å²) in [4.78, 5) is 0. The molecule has 0 bridgehead atoms. The van der Waals surface area contributed by atoms with Gasteiger partial charge in [0.15, 0.2) is 0 Å². The Hall–Kier alpha value is -1.62. The van der Waals surface area contributed by atoms with E-state index in [1.165, 1.54) is 12.1 Å². The fourth-order valence-electron chi connectivity index (χ4n) is 1.89. The van der Waals surface area contributed by atoms with Gasteiger partial charge < -0.3 is 15.2 Å². The highest BCUT2D eigenvalue weighted by Crippen LogP contribution is 2.16. The highest BCUT2D eigenvalue weighted by molar-refractivity contribution is 5.85. The largest absolute Gasteiger partial charge is 0.489 e. The molecule has 0 spiro atoms. The second-order valence-corrected chi connectivity index (χ2v) is 5.96. The molecular formula is C18H23ClFNO2. The van der Waals surface area contributed by atoms with E-state index >= 15 is 0 Å². The zero-order valence-electron chi connectivity index (χ0n) is 13.4. The number of halogens is 2. The topological polar surface area (TPSA) is 41.5 Å². The Morgan fingerprint density at radius 1 is 1.09 bits per heavy atom. The van der Waals surface area contributed by atoms with Gasteiger partial charge >= 0.3 is 0 Å². The fourth-order valence-corrected chi connectivity index (χ4v) is 1.89. The van der Waals surface area contributed by atoms with Gasteiger partial charge in [0.05, 0.1) is 6.61 Å². The van der Waals surface area contributed by atoms with Crippen molar-refractivity contribution >= 4 is 12.4 Å². The minimum Gasteiger partial charge on any atom is -0.489 e. The molecule has 0 atom stereocenters. The maximum atomic E-state index is 12.8. The van der Waals surface area contributed by atoms with Crippen LogP contribution in [-0.4, -0.2) is 17.3 Å². The molecule has 0 aliphatic rings. The van der Waals surface area contributed by atoms with Crippen molar-refractivity contribution in [3.8, 4) is 5.75 Å². The second kappa shape index (κ2) is 8.87. The van der Waals surface area contributed by atoms with Crippen molar-refractivity contribution in [1.82, 2.24) is 5.32 Å². The first kappa shape index (κ1) is 19.4. The lowest BCUT2D eigenvalue weighted by atomic mass is 10.1. The Balaban J connectivity index is 0.00000264.